The molecule has 0 radical (unpaired) electrons. The van der Waals surface area contributed by atoms with Crippen LogP contribution in [0.15, 0.2) is 60.7 Å². The molecule has 0 amide bonds. The second kappa shape index (κ2) is 11.2. The number of hydrogen-bond acceptors (Lipinski definition) is 1. The summed E-state index contributed by atoms with van der Waals surface area (Å²) in [6.45, 7) is 26.7. The SMILES string of the molecule is Cc1ccc(N(c2ccc(C[PH](C)(C)C)cc2)c2ccc(C)c(C[PH](C)(C)C)c2)cc1C[PH](C)(C)C. The topological polar surface area (TPSA) is 3.24 Å². The molecule has 0 saturated carbocycles. The average Bonchev–Trinajstić information content (AvgIpc) is 2.71. The van der Waals surface area contributed by atoms with Crippen molar-refractivity contribution >= 4 is 38.8 Å². The minimum atomic E-state index is -1.23. The van der Waals surface area contributed by atoms with Gasteiger partial charge in [-0.2, -0.15) is 0 Å². The van der Waals surface area contributed by atoms with E-state index in [0.29, 0.717) is 0 Å². The Hall–Kier alpha value is -1.25. The van der Waals surface area contributed by atoms with Gasteiger partial charge in [-0.05, 0) is 0 Å². The molecule has 0 N–H and O–H groups in total. The van der Waals surface area contributed by atoms with Gasteiger partial charge in [0.2, 0.25) is 0 Å². The van der Waals surface area contributed by atoms with Crippen molar-refractivity contribution in [1.29, 1.82) is 0 Å². The van der Waals surface area contributed by atoms with Crippen LogP contribution in [0.25, 0.3) is 0 Å². The molecule has 3 aromatic carbocycles. The fourth-order valence-electron chi connectivity index (χ4n) is 4.94. The predicted molar refractivity (Wildman–Crippen MR) is 180 cm³/mol. The second-order valence-corrected chi connectivity index (χ2v) is 30.9. The zero-order valence-electron chi connectivity index (χ0n) is 24.8. The Kier molecular flexibility index (Phi) is 9.15. The zero-order valence-corrected chi connectivity index (χ0v) is 27.8. The van der Waals surface area contributed by atoms with E-state index in [1.54, 1.807) is 0 Å². The van der Waals surface area contributed by atoms with Crippen LogP contribution >= 0.6 is 21.8 Å². The summed E-state index contributed by atoms with van der Waals surface area (Å²) >= 11 is 0. The molecule has 0 aliphatic carbocycles. The number of aryl methyl sites for hydroxylation is 2. The van der Waals surface area contributed by atoms with E-state index in [4.69, 9.17) is 0 Å². The summed E-state index contributed by atoms with van der Waals surface area (Å²) < 4.78 is 0. The molecule has 0 atom stereocenters. The van der Waals surface area contributed by atoms with Crippen molar-refractivity contribution < 1.29 is 0 Å². The van der Waals surface area contributed by atoms with E-state index in [1.807, 2.05) is 0 Å². The first-order valence-electron chi connectivity index (χ1n) is 13.6. The number of benzene rings is 3. The van der Waals surface area contributed by atoms with Crippen molar-refractivity contribution in [3.05, 3.63) is 88.5 Å². The van der Waals surface area contributed by atoms with Crippen molar-refractivity contribution in [2.45, 2.75) is 32.3 Å². The van der Waals surface area contributed by atoms with Crippen LogP contribution in [0.2, 0.25) is 0 Å². The van der Waals surface area contributed by atoms with Crippen LogP contribution in [0, 0.1) is 13.8 Å². The average molecular weight is 544 g/mol. The van der Waals surface area contributed by atoms with Gasteiger partial charge in [-0.25, -0.2) is 0 Å². The Balaban J connectivity index is 2.14. The third-order valence-corrected chi connectivity index (χ3v) is 10.9. The van der Waals surface area contributed by atoms with Gasteiger partial charge in [0.15, 0.2) is 0 Å². The number of anilines is 3. The first-order valence-corrected chi connectivity index (χ1v) is 24.7. The van der Waals surface area contributed by atoms with Crippen molar-refractivity contribution in [3.8, 4) is 0 Å². The maximum atomic E-state index is 2.48. The van der Waals surface area contributed by atoms with E-state index in [-0.39, 0.29) is 0 Å². The fourth-order valence-corrected chi connectivity index (χ4v) is 9.45. The van der Waals surface area contributed by atoms with Crippen LogP contribution in [0.3, 0.4) is 0 Å². The summed E-state index contributed by atoms with van der Waals surface area (Å²) in [5.41, 5.74) is 11.1. The van der Waals surface area contributed by atoms with Crippen molar-refractivity contribution in [1.82, 2.24) is 0 Å². The van der Waals surface area contributed by atoms with Crippen molar-refractivity contribution in [2.24, 2.45) is 0 Å². The summed E-state index contributed by atoms with van der Waals surface area (Å²) in [6, 6.07) is 23.6. The molecule has 0 aromatic heterocycles. The Labute approximate surface area is 224 Å². The Bertz CT molecular complexity index is 1110. The zero-order chi connectivity index (χ0) is 26.9. The molecule has 0 fully saturated rings. The third kappa shape index (κ3) is 8.66. The molecular formula is C32H52NP3. The van der Waals surface area contributed by atoms with Gasteiger partial charge < -0.3 is 0 Å². The standard InChI is InChI=1S/C32H52NP3/c1-25-12-16-31(20-28(25)23-35(6,7)8)33(30-18-14-27(15-19-30)22-34(3,4)5)32-17-13-26(2)29(21-32)24-36(9,10)11/h12-21,34-36H,22-24H2,1-11H3. The summed E-state index contributed by atoms with van der Waals surface area (Å²) in [5, 5.41) is 0. The van der Waals surface area contributed by atoms with E-state index in [0.717, 1.165) is 0 Å². The quantitative estimate of drug-likeness (QED) is 0.243. The van der Waals surface area contributed by atoms with Crippen LogP contribution in [0.4, 0.5) is 17.1 Å². The third-order valence-electron chi connectivity index (χ3n) is 6.55. The molecule has 200 valence electrons. The van der Waals surface area contributed by atoms with Crippen LogP contribution in [0.5, 0.6) is 0 Å². The number of nitrogens with zero attached hydrogens (tertiary/aromatic N) is 1. The van der Waals surface area contributed by atoms with E-state index >= 15 is 0 Å². The summed E-state index contributed by atoms with van der Waals surface area (Å²) in [4.78, 5) is 2.48. The second-order valence-electron chi connectivity index (χ2n) is 14.4. The summed E-state index contributed by atoms with van der Waals surface area (Å²) in [7, 11) is -3.61. The Morgan fingerprint density at radius 2 is 0.833 bits per heavy atom. The molecule has 0 spiro atoms. The van der Waals surface area contributed by atoms with E-state index in [9.17, 15) is 0 Å². The predicted octanol–water partition coefficient (Wildman–Crippen LogP) is 9.19. The van der Waals surface area contributed by atoms with Crippen LogP contribution in [0.1, 0.15) is 27.8 Å². The number of hydrogen-bond donors (Lipinski definition) is 0. The summed E-state index contributed by atoms with van der Waals surface area (Å²) in [6.07, 6.45) is 3.65. The van der Waals surface area contributed by atoms with E-state index < -0.39 is 21.8 Å². The van der Waals surface area contributed by atoms with E-state index in [2.05, 4.69) is 139 Å². The molecule has 1 nitrogen and oxygen atoms in total. The van der Waals surface area contributed by atoms with Gasteiger partial charge in [-0.3, -0.25) is 0 Å². The molecule has 4 heteroatoms. The first-order chi connectivity index (χ1) is 16.5. The molecule has 3 aromatic rings. The van der Waals surface area contributed by atoms with Crippen molar-refractivity contribution in [2.75, 3.05) is 64.9 Å². The van der Waals surface area contributed by atoms with Gasteiger partial charge in [0.05, 0.1) is 0 Å². The molecule has 0 bridgehead atoms. The molecule has 0 aliphatic heterocycles. The summed E-state index contributed by atoms with van der Waals surface area (Å²) in [5.74, 6) is 0. The van der Waals surface area contributed by atoms with Crippen molar-refractivity contribution in [3.63, 3.8) is 0 Å². The minimum absolute atomic E-state index is 1.15. The molecule has 3 rings (SSSR count). The number of rotatable bonds is 9. The normalized spacial score (nSPS) is 14.0. The molecular weight excluding hydrogens is 491 g/mol. The molecule has 0 heterocycles. The van der Waals surface area contributed by atoms with Gasteiger partial charge in [-0.15, -0.1) is 0 Å². The van der Waals surface area contributed by atoms with Gasteiger partial charge in [0, 0.05) is 0 Å². The van der Waals surface area contributed by atoms with Gasteiger partial charge in [0.25, 0.3) is 0 Å². The monoisotopic (exact) mass is 543 g/mol. The van der Waals surface area contributed by atoms with Gasteiger partial charge in [0.1, 0.15) is 0 Å². The van der Waals surface area contributed by atoms with Gasteiger partial charge in [-0.1, -0.05) is 0 Å². The van der Waals surface area contributed by atoms with Gasteiger partial charge >= 0.3 is 225 Å². The Morgan fingerprint density at radius 1 is 0.472 bits per heavy atom. The van der Waals surface area contributed by atoms with Crippen LogP contribution in [-0.2, 0) is 18.5 Å². The maximum absolute atomic E-state index is 2.48. The molecule has 0 aliphatic rings. The molecule has 0 saturated heterocycles. The van der Waals surface area contributed by atoms with E-state index in [1.165, 1.54) is 63.4 Å². The molecule has 36 heavy (non-hydrogen) atoms. The van der Waals surface area contributed by atoms with Crippen LogP contribution in [-0.4, -0.2) is 60.0 Å². The Morgan fingerprint density at radius 3 is 1.19 bits per heavy atom. The first kappa shape index (κ1) is 29.3. The fraction of sp³-hybridized carbons (Fsp3) is 0.438. The van der Waals surface area contributed by atoms with Crippen LogP contribution < -0.4 is 4.90 Å². The molecule has 0 unspecified atom stereocenters.